The van der Waals surface area contributed by atoms with E-state index >= 15 is 0 Å². The van der Waals surface area contributed by atoms with Crippen molar-refractivity contribution in [2.45, 2.75) is 101 Å². The van der Waals surface area contributed by atoms with Crippen LogP contribution in [0, 0.1) is 11.8 Å². The Morgan fingerprint density at radius 2 is 1.76 bits per heavy atom. The van der Waals surface area contributed by atoms with Crippen LogP contribution in [0.3, 0.4) is 0 Å². The highest BCUT2D eigenvalue weighted by molar-refractivity contribution is 6.03. The number of aliphatic hydroxyl groups is 1. The molecule has 1 aromatic carbocycles. The van der Waals surface area contributed by atoms with Gasteiger partial charge in [-0.2, -0.15) is 0 Å². The smallest absolute Gasteiger partial charge is 0.248 e. The van der Waals surface area contributed by atoms with Crippen LogP contribution in [0.2, 0.25) is 0 Å². The number of nitrogens with zero attached hydrogens (tertiary/aromatic N) is 3. The number of carbonyl (C=O) groups is 3. The second-order valence-electron chi connectivity index (χ2n) is 13.3. The highest BCUT2D eigenvalue weighted by Crippen LogP contribution is 2.63. The minimum absolute atomic E-state index is 0.0837. The highest BCUT2D eigenvalue weighted by atomic mass is 16.5. The lowest BCUT2D eigenvalue weighted by Crippen LogP contribution is -2.58. The van der Waals surface area contributed by atoms with Crippen molar-refractivity contribution in [3.63, 3.8) is 0 Å². The van der Waals surface area contributed by atoms with Gasteiger partial charge in [-0.25, -0.2) is 0 Å². The van der Waals surface area contributed by atoms with E-state index in [4.69, 9.17) is 9.47 Å². The maximum absolute atomic E-state index is 14.8. The molecule has 1 N–H and O–H groups in total. The molecule has 9 heteroatoms. The van der Waals surface area contributed by atoms with Crippen molar-refractivity contribution in [1.29, 1.82) is 0 Å². The van der Waals surface area contributed by atoms with Gasteiger partial charge in [-0.15, -0.1) is 13.2 Å². The lowest BCUT2D eigenvalue weighted by Gasteiger charge is -2.40. The van der Waals surface area contributed by atoms with E-state index in [2.05, 4.69) is 13.2 Å². The summed E-state index contributed by atoms with van der Waals surface area (Å²) in [7, 11) is 0. The van der Waals surface area contributed by atoms with Gasteiger partial charge in [0.05, 0.1) is 24.0 Å². The summed E-state index contributed by atoms with van der Waals surface area (Å²) in [5.74, 6) is -1.25. The largest absolute Gasteiger partial charge is 0.494 e. The normalized spacial score (nSPS) is 29.0. The summed E-state index contributed by atoms with van der Waals surface area (Å²) in [4.78, 5) is 49.4. The molecule has 0 aromatic heterocycles. The third-order valence-electron chi connectivity index (χ3n) is 10.5. The molecule has 0 radical (unpaired) electrons. The molecule has 9 nitrogen and oxygen atoms in total. The van der Waals surface area contributed by atoms with Crippen LogP contribution in [-0.2, 0) is 19.1 Å². The van der Waals surface area contributed by atoms with Gasteiger partial charge >= 0.3 is 0 Å². The number of hydrogen-bond donors (Lipinski definition) is 1. The molecule has 2 unspecified atom stereocenters. The Balaban J connectivity index is 1.52. The first-order valence-electron chi connectivity index (χ1n) is 16.9. The first-order valence-corrected chi connectivity index (χ1v) is 16.9. The minimum Gasteiger partial charge on any atom is -0.494 e. The Hall–Kier alpha value is -3.17. The average Bonchev–Trinajstić information content (AvgIpc) is 3.61. The molecule has 2 bridgehead atoms. The van der Waals surface area contributed by atoms with Crippen molar-refractivity contribution in [1.82, 2.24) is 9.80 Å². The standard InChI is InChI=1S/C36H51N3O6/c1-5-22-37(27-16-18-28(19-17-27)44-7-3)32(41)29-30-33(42)39(24-12-9-13-25-40)31(36(30)21-20-35(29,4)45-36)34(43)38(23-6-2)26-14-10-8-11-15-26/h5-6,16-19,26,29-31,40H,1-2,7-15,20-25H2,3-4H3/t29-,30+,31?,35+,36?/m1/s1. The van der Waals surface area contributed by atoms with E-state index in [1.54, 1.807) is 22.0 Å². The number of unbranched alkanes of at least 4 members (excludes halogenated alkanes) is 2. The number of aliphatic hydroxyl groups excluding tert-OH is 1. The summed E-state index contributed by atoms with van der Waals surface area (Å²) in [6, 6.07) is 6.68. The molecule has 1 aromatic rings. The number of benzene rings is 1. The zero-order chi connectivity index (χ0) is 32.2. The highest BCUT2D eigenvalue weighted by Gasteiger charge is 2.78. The third kappa shape index (κ3) is 6.06. The quantitative estimate of drug-likeness (QED) is 0.222. The van der Waals surface area contributed by atoms with Crippen molar-refractivity contribution in [3.05, 3.63) is 49.6 Å². The van der Waals surface area contributed by atoms with Crippen LogP contribution in [0.25, 0.3) is 0 Å². The van der Waals surface area contributed by atoms with Gasteiger partial charge in [0.1, 0.15) is 17.4 Å². The monoisotopic (exact) mass is 621 g/mol. The molecule has 1 aliphatic carbocycles. The lowest BCUT2D eigenvalue weighted by atomic mass is 9.66. The van der Waals surface area contributed by atoms with Crippen molar-refractivity contribution < 1.29 is 29.0 Å². The average molecular weight is 622 g/mol. The number of hydrogen-bond acceptors (Lipinski definition) is 6. The predicted molar refractivity (Wildman–Crippen MR) is 174 cm³/mol. The maximum atomic E-state index is 14.8. The van der Waals surface area contributed by atoms with Gasteiger partial charge in [-0.3, -0.25) is 14.4 Å². The fourth-order valence-electron chi connectivity index (χ4n) is 8.51. The number of anilines is 1. The summed E-state index contributed by atoms with van der Waals surface area (Å²) in [5, 5.41) is 9.37. The van der Waals surface area contributed by atoms with Crippen molar-refractivity contribution in [3.8, 4) is 5.75 Å². The topological polar surface area (TPSA) is 99.6 Å². The van der Waals surface area contributed by atoms with Crippen LogP contribution in [-0.4, -0.2) is 88.8 Å². The van der Waals surface area contributed by atoms with Gasteiger partial charge in [0.15, 0.2) is 0 Å². The molecule has 5 atom stereocenters. The zero-order valence-electron chi connectivity index (χ0n) is 27.1. The van der Waals surface area contributed by atoms with E-state index in [0.29, 0.717) is 56.8 Å². The summed E-state index contributed by atoms with van der Waals surface area (Å²) in [5.41, 5.74) is -1.26. The molecule has 3 saturated heterocycles. The molecule has 1 saturated carbocycles. The molecule has 45 heavy (non-hydrogen) atoms. The lowest BCUT2D eigenvalue weighted by molar-refractivity contribution is -0.153. The summed E-state index contributed by atoms with van der Waals surface area (Å²) in [6.45, 7) is 13.4. The fraction of sp³-hybridized carbons (Fsp3) is 0.639. The fourth-order valence-corrected chi connectivity index (χ4v) is 8.51. The van der Waals surface area contributed by atoms with Crippen molar-refractivity contribution in [2.24, 2.45) is 11.8 Å². The summed E-state index contributed by atoms with van der Waals surface area (Å²) in [6.07, 6.45) is 11.8. The van der Waals surface area contributed by atoms with Crippen LogP contribution >= 0.6 is 0 Å². The van der Waals surface area contributed by atoms with Crippen LogP contribution in [0.4, 0.5) is 5.69 Å². The van der Waals surface area contributed by atoms with E-state index in [1.165, 1.54) is 6.42 Å². The Kier molecular flexibility index (Phi) is 10.4. The van der Waals surface area contributed by atoms with E-state index in [9.17, 15) is 19.5 Å². The minimum atomic E-state index is -1.08. The molecule has 3 amide bonds. The second-order valence-corrected chi connectivity index (χ2v) is 13.3. The molecule has 5 rings (SSSR count). The van der Waals surface area contributed by atoms with Crippen LogP contribution in [0.5, 0.6) is 5.75 Å². The maximum Gasteiger partial charge on any atom is 0.248 e. The zero-order valence-corrected chi connectivity index (χ0v) is 27.1. The Morgan fingerprint density at radius 1 is 1.04 bits per heavy atom. The number of fused-ring (bicyclic) bond motifs is 1. The van der Waals surface area contributed by atoms with E-state index in [-0.39, 0.29) is 36.9 Å². The first-order chi connectivity index (χ1) is 21.8. The van der Waals surface area contributed by atoms with Gasteiger partial charge < -0.3 is 29.3 Å². The van der Waals surface area contributed by atoms with Gasteiger partial charge in [0, 0.05) is 38.0 Å². The molecule has 3 aliphatic heterocycles. The molecule has 4 fully saturated rings. The van der Waals surface area contributed by atoms with Crippen molar-refractivity contribution in [2.75, 3.05) is 37.7 Å². The van der Waals surface area contributed by atoms with Crippen molar-refractivity contribution >= 4 is 23.4 Å². The van der Waals surface area contributed by atoms with Crippen LogP contribution in [0.15, 0.2) is 49.6 Å². The van der Waals surface area contributed by atoms with Gasteiger partial charge in [0.2, 0.25) is 17.7 Å². The Bertz CT molecular complexity index is 1250. The van der Waals surface area contributed by atoms with E-state index in [1.807, 2.05) is 43.0 Å². The van der Waals surface area contributed by atoms with Crippen LogP contribution < -0.4 is 9.64 Å². The van der Waals surface area contributed by atoms with E-state index in [0.717, 1.165) is 32.1 Å². The van der Waals surface area contributed by atoms with Gasteiger partial charge in [-0.1, -0.05) is 31.4 Å². The third-order valence-corrected chi connectivity index (χ3v) is 10.5. The Labute approximate surface area is 268 Å². The molecule has 246 valence electrons. The van der Waals surface area contributed by atoms with Gasteiger partial charge in [0.25, 0.3) is 0 Å². The number of rotatable bonds is 15. The number of amides is 3. The first kappa shape index (κ1) is 33.2. The number of ether oxygens (including phenoxy) is 2. The van der Waals surface area contributed by atoms with Gasteiger partial charge in [-0.05, 0) is 83.1 Å². The summed E-state index contributed by atoms with van der Waals surface area (Å²) >= 11 is 0. The number of likely N-dealkylation sites (tertiary alicyclic amines) is 1. The number of carbonyl (C=O) groups excluding carboxylic acids is 3. The van der Waals surface area contributed by atoms with E-state index < -0.39 is 29.1 Å². The molecule has 4 aliphatic rings. The predicted octanol–water partition coefficient (Wildman–Crippen LogP) is 4.88. The molecular weight excluding hydrogens is 570 g/mol. The molecule has 3 heterocycles. The molecule has 1 spiro atoms. The molecular formula is C36H51N3O6. The second kappa shape index (κ2) is 14.1. The Morgan fingerprint density at radius 3 is 2.40 bits per heavy atom. The SMILES string of the molecule is C=CCN(C(=O)[C@H]1[C@H]2C(=O)N(CCCCCO)C(C(=O)N(CC=C)C3CCCCC3)C23CC[C@]1(C)O3)c1ccc(OCC)cc1. The van der Waals surface area contributed by atoms with Crippen LogP contribution in [0.1, 0.15) is 78.1 Å². The summed E-state index contributed by atoms with van der Waals surface area (Å²) < 4.78 is 12.5.